The van der Waals surface area contributed by atoms with E-state index in [1.54, 1.807) is 0 Å². The van der Waals surface area contributed by atoms with Gasteiger partial charge >= 0.3 is 0 Å². The Morgan fingerprint density at radius 2 is 1.85 bits per heavy atom. The van der Waals surface area contributed by atoms with Crippen LogP contribution in [0.3, 0.4) is 0 Å². The SMILES string of the molecule is CC1(C)C2CC[C@@H](CNC(=N)c3c(O)nsc3Nc3ccc(Oc4ccccc4)cc3)C1C2. The lowest BCUT2D eigenvalue weighted by Gasteiger charge is -2.60. The molecule has 3 aliphatic rings. The Bertz CT molecular complexity index is 1120. The highest BCUT2D eigenvalue weighted by Gasteiger charge is 2.53. The summed E-state index contributed by atoms with van der Waals surface area (Å²) >= 11 is 1.15. The minimum Gasteiger partial charge on any atom is -0.492 e. The molecule has 3 fully saturated rings. The number of nitrogens with zero attached hydrogens (tertiary/aromatic N) is 1. The van der Waals surface area contributed by atoms with Crippen LogP contribution < -0.4 is 15.4 Å². The molecule has 2 aromatic carbocycles. The predicted octanol–water partition coefficient (Wildman–Crippen LogP) is 6.37. The van der Waals surface area contributed by atoms with Gasteiger partial charge in [0, 0.05) is 12.2 Å². The summed E-state index contributed by atoms with van der Waals surface area (Å²) in [6, 6.07) is 17.2. The summed E-state index contributed by atoms with van der Waals surface area (Å²) in [4.78, 5) is 0. The van der Waals surface area contributed by atoms with Crippen molar-refractivity contribution in [2.45, 2.75) is 33.1 Å². The summed E-state index contributed by atoms with van der Waals surface area (Å²) in [5, 5.41) is 26.1. The van der Waals surface area contributed by atoms with Gasteiger partial charge in [-0.05, 0) is 90.4 Å². The van der Waals surface area contributed by atoms with Gasteiger partial charge in [0.1, 0.15) is 27.9 Å². The Morgan fingerprint density at radius 3 is 2.55 bits per heavy atom. The molecule has 4 N–H and O–H groups in total. The fraction of sp³-hybridized carbons (Fsp3) is 0.385. The quantitative estimate of drug-likeness (QED) is 0.242. The number of amidine groups is 1. The third-order valence-electron chi connectivity index (χ3n) is 7.56. The first-order valence-electron chi connectivity index (χ1n) is 11.5. The Morgan fingerprint density at radius 1 is 1.12 bits per heavy atom. The molecule has 0 spiro atoms. The zero-order chi connectivity index (χ0) is 23.0. The number of anilines is 2. The standard InChI is InChI=1S/C26H30N4O2S/c1-26(2)17-9-8-16(21(26)14-17)15-28-23(27)22-24(31)30-33-25(22)29-18-10-12-20(13-11-18)32-19-6-4-3-5-7-19/h3-7,10-13,16-17,21,29H,8-9,14-15H2,1-2H3,(H2,27,28)(H,30,31)/t16-,17?,21?/m0/s1. The van der Waals surface area contributed by atoms with Gasteiger partial charge in [-0.1, -0.05) is 32.0 Å². The lowest BCUT2D eigenvalue weighted by atomic mass is 9.45. The molecule has 3 saturated carbocycles. The number of ether oxygens (including phenoxy) is 1. The van der Waals surface area contributed by atoms with Crippen LogP contribution in [0.4, 0.5) is 10.7 Å². The number of aromatic nitrogens is 1. The van der Waals surface area contributed by atoms with Crippen LogP contribution in [0.2, 0.25) is 0 Å². The van der Waals surface area contributed by atoms with Crippen molar-refractivity contribution in [1.82, 2.24) is 9.69 Å². The van der Waals surface area contributed by atoms with Gasteiger partial charge in [0.15, 0.2) is 0 Å². The summed E-state index contributed by atoms with van der Waals surface area (Å²) in [7, 11) is 0. The zero-order valence-corrected chi connectivity index (χ0v) is 19.8. The molecular weight excluding hydrogens is 432 g/mol. The van der Waals surface area contributed by atoms with Crippen LogP contribution in [0.1, 0.15) is 38.7 Å². The van der Waals surface area contributed by atoms with Crippen molar-refractivity contribution in [1.29, 1.82) is 5.41 Å². The van der Waals surface area contributed by atoms with Gasteiger partial charge in [-0.2, -0.15) is 4.37 Å². The maximum Gasteiger partial charge on any atom is 0.236 e. The molecule has 1 heterocycles. The lowest BCUT2D eigenvalue weighted by Crippen LogP contribution is -2.54. The maximum absolute atomic E-state index is 10.3. The van der Waals surface area contributed by atoms with Crippen molar-refractivity contribution in [3.63, 3.8) is 0 Å². The molecule has 0 aliphatic heterocycles. The topological polar surface area (TPSA) is 90.3 Å². The average molecular weight is 463 g/mol. The number of aromatic hydroxyl groups is 1. The van der Waals surface area contributed by atoms with Crippen LogP contribution in [0.25, 0.3) is 0 Å². The van der Waals surface area contributed by atoms with Gasteiger partial charge in [0.25, 0.3) is 0 Å². The first kappa shape index (κ1) is 21.8. The second-order valence-electron chi connectivity index (χ2n) is 9.73. The molecule has 7 heteroatoms. The van der Waals surface area contributed by atoms with Crippen LogP contribution >= 0.6 is 11.5 Å². The van der Waals surface area contributed by atoms with E-state index in [4.69, 9.17) is 10.1 Å². The third kappa shape index (κ3) is 4.29. The normalized spacial score (nSPS) is 22.8. The van der Waals surface area contributed by atoms with E-state index in [9.17, 15) is 5.11 Å². The second kappa shape index (κ2) is 8.71. The van der Waals surface area contributed by atoms with Crippen molar-refractivity contribution in [3.05, 3.63) is 60.2 Å². The zero-order valence-electron chi connectivity index (χ0n) is 19.0. The molecule has 1 aromatic heterocycles. The van der Waals surface area contributed by atoms with Crippen molar-refractivity contribution < 1.29 is 9.84 Å². The van der Waals surface area contributed by atoms with Crippen molar-refractivity contribution in [3.8, 4) is 17.4 Å². The molecule has 2 bridgehead atoms. The number of fused-ring (bicyclic) bond motifs is 2. The highest BCUT2D eigenvalue weighted by molar-refractivity contribution is 7.11. The van der Waals surface area contributed by atoms with Gasteiger partial charge in [-0.3, -0.25) is 5.41 Å². The molecule has 0 amide bonds. The van der Waals surface area contributed by atoms with E-state index < -0.39 is 0 Å². The minimum atomic E-state index is -0.114. The summed E-state index contributed by atoms with van der Waals surface area (Å²) in [5.41, 5.74) is 1.68. The second-order valence-corrected chi connectivity index (χ2v) is 10.5. The molecule has 3 aliphatic carbocycles. The van der Waals surface area contributed by atoms with E-state index in [1.807, 2.05) is 54.6 Å². The fourth-order valence-corrected chi connectivity index (χ4v) is 6.20. The molecule has 0 saturated heterocycles. The molecule has 0 radical (unpaired) electrons. The summed E-state index contributed by atoms with van der Waals surface area (Å²) in [5.74, 6) is 3.79. The predicted molar refractivity (Wildman–Crippen MR) is 133 cm³/mol. The molecular formula is C26H30N4O2S. The number of nitrogens with one attached hydrogen (secondary N) is 3. The van der Waals surface area contributed by atoms with Crippen LogP contribution in [0.15, 0.2) is 54.6 Å². The highest BCUT2D eigenvalue weighted by Crippen LogP contribution is 2.61. The first-order chi connectivity index (χ1) is 15.9. The fourth-order valence-electron chi connectivity index (χ4n) is 5.48. The first-order valence-corrected chi connectivity index (χ1v) is 12.3. The van der Waals surface area contributed by atoms with E-state index in [-0.39, 0.29) is 11.7 Å². The molecule has 33 heavy (non-hydrogen) atoms. The van der Waals surface area contributed by atoms with Crippen molar-refractivity contribution in [2.75, 3.05) is 11.9 Å². The van der Waals surface area contributed by atoms with Gasteiger partial charge in [0.05, 0.1) is 0 Å². The Labute approximate surface area is 198 Å². The molecule has 3 atom stereocenters. The Hall–Kier alpha value is -3.06. The van der Waals surface area contributed by atoms with Gasteiger partial charge in [0.2, 0.25) is 5.88 Å². The monoisotopic (exact) mass is 462 g/mol. The Kier molecular flexibility index (Phi) is 5.74. The molecule has 2 unspecified atom stereocenters. The molecule has 172 valence electrons. The smallest absolute Gasteiger partial charge is 0.236 e. The largest absolute Gasteiger partial charge is 0.492 e. The van der Waals surface area contributed by atoms with Gasteiger partial charge < -0.3 is 20.5 Å². The van der Waals surface area contributed by atoms with Crippen LogP contribution in [0.5, 0.6) is 17.4 Å². The number of hydrogen-bond acceptors (Lipinski definition) is 6. The van der Waals surface area contributed by atoms with Crippen molar-refractivity contribution >= 4 is 28.1 Å². The third-order valence-corrected chi connectivity index (χ3v) is 8.31. The number of hydrogen-bond donors (Lipinski definition) is 4. The van der Waals surface area contributed by atoms with E-state index in [0.29, 0.717) is 21.9 Å². The molecule has 6 nitrogen and oxygen atoms in total. The van der Waals surface area contributed by atoms with Gasteiger partial charge in [-0.25, -0.2) is 0 Å². The number of benzene rings is 2. The van der Waals surface area contributed by atoms with E-state index in [2.05, 4.69) is 28.9 Å². The lowest BCUT2D eigenvalue weighted by molar-refractivity contribution is -0.102. The Balaban J connectivity index is 1.22. The number of rotatable bonds is 7. The van der Waals surface area contributed by atoms with Gasteiger partial charge in [-0.15, -0.1) is 0 Å². The van der Waals surface area contributed by atoms with Crippen LogP contribution in [0, 0.1) is 28.6 Å². The van der Waals surface area contributed by atoms with Crippen LogP contribution in [-0.4, -0.2) is 21.9 Å². The summed E-state index contributed by atoms with van der Waals surface area (Å²) in [6.07, 6.45) is 3.81. The minimum absolute atomic E-state index is 0.114. The van der Waals surface area contributed by atoms with Crippen molar-refractivity contribution in [2.24, 2.45) is 23.2 Å². The summed E-state index contributed by atoms with van der Waals surface area (Å²) < 4.78 is 9.92. The van der Waals surface area contributed by atoms with E-state index in [0.717, 1.165) is 47.1 Å². The van der Waals surface area contributed by atoms with Crippen LogP contribution in [-0.2, 0) is 0 Å². The van der Waals surface area contributed by atoms with E-state index in [1.165, 1.54) is 19.3 Å². The maximum atomic E-state index is 10.3. The average Bonchev–Trinajstić information content (AvgIpc) is 3.19. The molecule has 3 aromatic rings. The molecule has 6 rings (SSSR count). The number of para-hydroxylation sites is 1. The van der Waals surface area contributed by atoms with E-state index >= 15 is 0 Å². The highest BCUT2D eigenvalue weighted by atomic mass is 32.1. The summed E-state index contributed by atoms with van der Waals surface area (Å²) in [6.45, 7) is 5.53.